The number of hydrogen-bond acceptors (Lipinski definition) is 4. The molecule has 17 heavy (non-hydrogen) atoms. The highest BCUT2D eigenvalue weighted by Gasteiger charge is 2.06. The van der Waals surface area contributed by atoms with Crippen molar-refractivity contribution in [3.63, 3.8) is 0 Å². The van der Waals surface area contributed by atoms with Crippen LogP contribution in [0.2, 0.25) is 0 Å². The fourth-order valence-corrected chi connectivity index (χ4v) is 2.52. The van der Waals surface area contributed by atoms with Crippen molar-refractivity contribution in [2.75, 3.05) is 14.1 Å². The molecule has 0 aliphatic rings. The quantitative estimate of drug-likeness (QED) is 0.841. The van der Waals surface area contributed by atoms with Gasteiger partial charge in [-0.3, -0.25) is 10.2 Å². The number of hydrazine groups is 1. The SMILES string of the molecule is CN(C)NC(=O)CCc1nc2ccccc2s1. The van der Waals surface area contributed by atoms with E-state index in [-0.39, 0.29) is 5.91 Å². The predicted octanol–water partition coefficient (Wildman–Crippen LogP) is 1.82. The molecule has 0 aliphatic heterocycles. The monoisotopic (exact) mass is 249 g/mol. The van der Waals surface area contributed by atoms with E-state index in [2.05, 4.69) is 16.5 Å². The maximum Gasteiger partial charge on any atom is 0.234 e. The Morgan fingerprint density at radius 1 is 1.41 bits per heavy atom. The molecule has 1 heterocycles. The first-order valence-electron chi connectivity index (χ1n) is 5.46. The molecule has 0 aliphatic carbocycles. The molecule has 0 bridgehead atoms. The summed E-state index contributed by atoms with van der Waals surface area (Å²) >= 11 is 1.65. The molecule has 0 radical (unpaired) electrons. The number of carbonyl (C=O) groups is 1. The first kappa shape index (κ1) is 12.0. The van der Waals surface area contributed by atoms with Crippen LogP contribution in [0.15, 0.2) is 24.3 Å². The number of hydrogen-bond donors (Lipinski definition) is 1. The van der Waals surface area contributed by atoms with Crippen LogP contribution in [0.1, 0.15) is 11.4 Å². The summed E-state index contributed by atoms with van der Waals surface area (Å²) < 4.78 is 1.18. The van der Waals surface area contributed by atoms with Crippen molar-refractivity contribution in [3.8, 4) is 0 Å². The average Bonchev–Trinajstić information content (AvgIpc) is 2.68. The zero-order chi connectivity index (χ0) is 12.3. The minimum Gasteiger partial charge on any atom is -0.289 e. The number of rotatable bonds is 4. The van der Waals surface area contributed by atoms with Gasteiger partial charge in [0, 0.05) is 26.9 Å². The van der Waals surface area contributed by atoms with Crippen molar-refractivity contribution in [1.29, 1.82) is 0 Å². The molecule has 1 aromatic carbocycles. The molecule has 5 heteroatoms. The fraction of sp³-hybridized carbons (Fsp3) is 0.333. The first-order chi connectivity index (χ1) is 8.15. The number of amides is 1. The topological polar surface area (TPSA) is 45.2 Å². The number of nitrogens with one attached hydrogen (secondary N) is 1. The summed E-state index contributed by atoms with van der Waals surface area (Å²) in [5.74, 6) is 0.0225. The van der Waals surface area contributed by atoms with Gasteiger partial charge in [-0.15, -0.1) is 11.3 Å². The van der Waals surface area contributed by atoms with Gasteiger partial charge in [-0.25, -0.2) is 9.99 Å². The molecule has 0 spiro atoms. The largest absolute Gasteiger partial charge is 0.289 e. The first-order valence-corrected chi connectivity index (χ1v) is 6.28. The lowest BCUT2D eigenvalue weighted by atomic mass is 10.3. The van der Waals surface area contributed by atoms with Crippen molar-refractivity contribution in [2.45, 2.75) is 12.8 Å². The van der Waals surface area contributed by atoms with Gasteiger partial charge in [-0.1, -0.05) is 12.1 Å². The van der Waals surface area contributed by atoms with E-state index in [1.165, 1.54) is 4.70 Å². The van der Waals surface area contributed by atoms with Gasteiger partial charge in [0.15, 0.2) is 0 Å². The van der Waals surface area contributed by atoms with Crippen LogP contribution in [-0.2, 0) is 11.2 Å². The van der Waals surface area contributed by atoms with E-state index in [9.17, 15) is 4.79 Å². The number of nitrogens with zero attached hydrogens (tertiary/aromatic N) is 2. The molecule has 4 nitrogen and oxygen atoms in total. The highest BCUT2D eigenvalue weighted by atomic mass is 32.1. The molecule has 1 amide bonds. The molecular formula is C12H15N3OS. The summed E-state index contributed by atoms with van der Waals surface area (Å²) in [5.41, 5.74) is 3.73. The zero-order valence-corrected chi connectivity index (χ0v) is 10.8. The van der Waals surface area contributed by atoms with E-state index in [4.69, 9.17) is 0 Å². The van der Waals surface area contributed by atoms with Crippen molar-refractivity contribution < 1.29 is 4.79 Å². The third-order valence-corrected chi connectivity index (χ3v) is 3.35. The van der Waals surface area contributed by atoms with Gasteiger partial charge in [0.05, 0.1) is 15.2 Å². The van der Waals surface area contributed by atoms with Crippen LogP contribution in [0.4, 0.5) is 0 Å². The lowest BCUT2D eigenvalue weighted by Gasteiger charge is -2.10. The number of fused-ring (bicyclic) bond motifs is 1. The Hall–Kier alpha value is -1.46. The van der Waals surface area contributed by atoms with Gasteiger partial charge in [-0.05, 0) is 12.1 Å². The standard InChI is InChI=1S/C12H15N3OS/c1-15(2)14-11(16)7-8-12-13-9-5-3-4-6-10(9)17-12/h3-6H,7-8H2,1-2H3,(H,14,16). The fourth-order valence-electron chi connectivity index (χ4n) is 1.55. The Bertz CT molecular complexity index is 488. The number of para-hydroxylation sites is 1. The van der Waals surface area contributed by atoms with Crippen LogP contribution in [0.5, 0.6) is 0 Å². The lowest BCUT2D eigenvalue weighted by molar-refractivity contribution is -0.124. The molecule has 2 rings (SSSR count). The summed E-state index contributed by atoms with van der Waals surface area (Å²) in [6.45, 7) is 0. The molecule has 0 saturated carbocycles. The molecule has 1 N–H and O–H groups in total. The lowest BCUT2D eigenvalue weighted by Crippen LogP contribution is -2.36. The highest BCUT2D eigenvalue weighted by molar-refractivity contribution is 7.18. The van der Waals surface area contributed by atoms with Crippen LogP contribution < -0.4 is 5.43 Å². The van der Waals surface area contributed by atoms with Crippen LogP contribution in [0.3, 0.4) is 0 Å². The summed E-state index contributed by atoms with van der Waals surface area (Å²) in [5, 5.41) is 2.67. The van der Waals surface area contributed by atoms with Crippen molar-refractivity contribution >= 4 is 27.5 Å². The Labute approximate surface area is 104 Å². The van der Waals surface area contributed by atoms with E-state index in [1.54, 1.807) is 30.4 Å². The van der Waals surface area contributed by atoms with Crippen molar-refractivity contribution in [1.82, 2.24) is 15.4 Å². The Kier molecular flexibility index (Phi) is 3.71. The second-order valence-corrected chi connectivity index (χ2v) is 5.12. The Balaban J connectivity index is 1.97. The van der Waals surface area contributed by atoms with E-state index >= 15 is 0 Å². The smallest absolute Gasteiger partial charge is 0.234 e. The summed E-state index contributed by atoms with van der Waals surface area (Å²) in [7, 11) is 3.60. The summed E-state index contributed by atoms with van der Waals surface area (Å²) in [4.78, 5) is 16.0. The minimum absolute atomic E-state index is 0.0225. The normalized spacial score (nSPS) is 11.0. The van der Waals surface area contributed by atoms with Crippen LogP contribution >= 0.6 is 11.3 Å². The van der Waals surface area contributed by atoms with E-state index < -0.39 is 0 Å². The molecule has 2 aromatic rings. The van der Waals surface area contributed by atoms with E-state index in [0.29, 0.717) is 12.8 Å². The van der Waals surface area contributed by atoms with Gasteiger partial charge < -0.3 is 0 Å². The summed E-state index contributed by atoms with van der Waals surface area (Å²) in [6, 6.07) is 8.03. The van der Waals surface area contributed by atoms with Gasteiger partial charge in [-0.2, -0.15) is 0 Å². The maximum absolute atomic E-state index is 11.5. The molecule has 0 fully saturated rings. The van der Waals surface area contributed by atoms with Gasteiger partial charge in [0.1, 0.15) is 0 Å². The number of aryl methyl sites for hydroxylation is 1. The molecule has 0 atom stereocenters. The van der Waals surface area contributed by atoms with Crippen molar-refractivity contribution in [2.24, 2.45) is 0 Å². The molecular weight excluding hydrogens is 234 g/mol. The third kappa shape index (κ3) is 3.25. The maximum atomic E-state index is 11.5. The van der Waals surface area contributed by atoms with Crippen molar-refractivity contribution in [3.05, 3.63) is 29.3 Å². The van der Waals surface area contributed by atoms with Gasteiger partial charge in [0.25, 0.3) is 0 Å². The predicted molar refractivity (Wildman–Crippen MR) is 69.8 cm³/mol. The van der Waals surface area contributed by atoms with E-state index in [0.717, 1.165) is 10.5 Å². The second kappa shape index (κ2) is 5.25. The highest BCUT2D eigenvalue weighted by Crippen LogP contribution is 2.22. The summed E-state index contributed by atoms with van der Waals surface area (Å²) in [6.07, 6.45) is 1.16. The van der Waals surface area contributed by atoms with Crippen LogP contribution in [0.25, 0.3) is 10.2 Å². The number of aromatic nitrogens is 1. The number of carbonyl (C=O) groups excluding carboxylic acids is 1. The van der Waals surface area contributed by atoms with Crippen LogP contribution in [-0.4, -0.2) is 30.0 Å². The molecule has 0 unspecified atom stereocenters. The second-order valence-electron chi connectivity index (χ2n) is 4.00. The number of benzene rings is 1. The van der Waals surface area contributed by atoms with E-state index in [1.807, 2.05) is 18.2 Å². The third-order valence-electron chi connectivity index (χ3n) is 2.25. The molecule has 1 aromatic heterocycles. The number of thiazole rings is 1. The average molecular weight is 249 g/mol. The Morgan fingerprint density at radius 3 is 2.88 bits per heavy atom. The minimum atomic E-state index is 0.0225. The zero-order valence-electron chi connectivity index (χ0n) is 9.93. The molecule has 0 saturated heterocycles. The van der Waals surface area contributed by atoms with Crippen LogP contribution in [0, 0.1) is 0 Å². The van der Waals surface area contributed by atoms with Gasteiger partial charge >= 0.3 is 0 Å². The Morgan fingerprint density at radius 2 is 2.18 bits per heavy atom. The molecule has 90 valence electrons. The van der Waals surface area contributed by atoms with Gasteiger partial charge in [0.2, 0.25) is 5.91 Å².